The maximum atomic E-state index is 13.7. The van der Waals surface area contributed by atoms with E-state index < -0.39 is 0 Å². The van der Waals surface area contributed by atoms with E-state index in [4.69, 9.17) is 16.9 Å². The van der Waals surface area contributed by atoms with E-state index >= 15 is 0 Å². The molecule has 0 fully saturated rings. The molecule has 0 spiro atoms. The molecule has 0 atom stereocenters. The van der Waals surface area contributed by atoms with Crippen molar-refractivity contribution in [2.45, 2.75) is 20.3 Å². The van der Waals surface area contributed by atoms with Crippen molar-refractivity contribution in [3.8, 4) is 6.07 Å². The normalized spacial score (nSPS) is 10.3. The van der Waals surface area contributed by atoms with Crippen LogP contribution in [0.25, 0.3) is 0 Å². The third-order valence-corrected chi connectivity index (χ3v) is 3.45. The van der Waals surface area contributed by atoms with Crippen molar-refractivity contribution in [3.05, 3.63) is 63.2 Å². The second-order valence-corrected chi connectivity index (χ2v) is 4.70. The van der Waals surface area contributed by atoms with Crippen molar-refractivity contribution in [1.82, 2.24) is 4.98 Å². The van der Waals surface area contributed by atoms with Crippen molar-refractivity contribution in [2.24, 2.45) is 0 Å². The molecule has 0 unspecified atom stereocenters. The molecule has 0 aliphatic carbocycles. The number of nitrogens with zero attached hydrogens (tertiary/aromatic N) is 2. The van der Waals surface area contributed by atoms with Gasteiger partial charge in [0.2, 0.25) is 0 Å². The number of aromatic nitrogens is 1. The molecule has 0 aliphatic rings. The van der Waals surface area contributed by atoms with E-state index in [0.29, 0.717) is 17.5 Å². The topological polar surface area (TPSA) is 36.7 Å². The van der Waals surface area contributed by atoms with Crippen LogP contribution in [0, 0.1) is 31.0 Å². The van der Waals surface area contributed by atoms with Crippen molar-refractivity contribution in [2.75, 3.05) is 0 Å². The molecule has 0 N–H and O–H groups in total. The fraction of sp³-hybridized carbons (Fsp3) is 0.200. The van der Waals surface area contributed by atoms with Gasteiger partial charge in [0.25, 0.3) is 0 Å². The summed E-state index contributed by atoms with van der Waals surface area (Å²) in [5.41, 5.74) is 3.29. The minimum Gasteiger partial charge on any atom is -0.240 e. The molecule has 19 heavy (non-hydrogen) atoms. The number of nitriles is 1. The molecule has 0 radical (unpaired) electrons. The Balaban J connectivity index is 2.53. The molecule has 96 valence electrons. The first-order chi connectivity index (χ1) is 9.04. The third-order valence-electron chi connectivity index (χ3n) is 3.17. The number of halogens is 2. The highest BCUT2D eigenvalue weighted by Gasteiger charge is 2.14. The summed E-state index contributed by atoms with van der Waals surface area (Å²) < 4.78 is 13.7. The van der Waals surface area contributed by atoms with E-state index in [1.54, 1.807) is 18.2 Å². The lowest BCUT2D eigenvalue weighted by molar-refractivity contribution is 0.613. The lowest BCUT2D eigenvalue weighted by Crippen LogP contribution is -2.03. The van der Waals surface area contributed by atoms with E-state index in [-0.39, 0.29) is 11.0 Å². The Bertz CT molecular complexity index is 675. The van der Waals surface area contributed by atoms with Gasteiger partial charge in [-0.2, -0.15) is 5.26 Å². The summed E-state index contributed by atoms with van der Waals surface area (Å²) in [5.74, 6) is -0.255. The number of benzene rings is 1. The van der Waals surface area contributed by atoms with Crippen molar-refractivity contribution in [3.63, 3.8) is 0 Å². The van der Waals surface area contributed by atoms with E-state index in [9.17, 15) is 4.39 Å². The minimum atomic E-state index is -0.255. The summed E-state index contributed by atoms with van der Waals surface area (Å²) in [6, 6.07) is 8.64. The van der Waals surface area contributed by atoms with Gasteiger partial charge in [0.05, 0.1) is 5.56 Å². The highest BCUT2D eigenvalue weighted by Crippen LogP contribution is 2.25. The van der Waals surface area contributed by atoms with Gasteiger partial charge in [-0.1, -0.05) is 29.8 Å². The van der Waals surface area contributed by atoms with E-state index in [1.807, 2.05) is 19.9 Å². The van der Waals surface area contributed by atoms with E-state index in [2.05, 4.69) is 4.98 Å². The molecular weight excluding hydrogens is 263 g/mol. The predicted molar refractivity (Wildman–Crippen MR) is 72.6 cm³/mol. The molecule has 1 heterocycles. The van der Waals surface area contributed by atoms with Gasteiger partial charge in [-0.05, 0) is 36.6 Å². The molecule has 0 aliphatic heterocycles. The van der Waals surface area contributed by atoms with Crippen LogP contribution >= 0.6 is 11.6 Å². The largest absolute Gasteiger partial charge is 0.240 e. The second kappa shape index (κ2) is 5.38. The van der Waals surface area contributed by atoms with Gasteiger partial charge in [-0.3, -0.25) is 0 Å². The fourth-order valence-corrected chi connectivity index (χ4v) is 2.38. The Morgan fingerprint density at radius 2 is 2.00 bits per heavy atom. The van der Waals surface area contributed by atoms with Crippen LogP contribution in [0.2, 0.25) is 5.15 Å². The quantitative estimate of drug-likeness (QED) is 0.778. The SMILES string of the molecule is Cc1nc(Cl)c(C#N)c(C)c1Cc1ccccc1F. The lowest BCUT2D eigenvalue weighted by Gasteiger charge is -2.12. The van der Waals surface area contributed by atoms with Crippen LogP contribution in [-0.4, -0.2) is 4.98 Å². The monoisotopic (exact) mass is 274 g/mol. The second-order valence-electron chi connectivity index (χ2n) is 4.35. The molecule has 0 bridgehead atoms. The average molecular weight is 275 g/mol. The summed E-state index contributed by atoms with van der Waals surface area (Å²) in [7, 11) is 0. The third kappa shape index (κ3) is 2.59. The van der Waals surface area contributed by atoms with Crippen LogP contribution in [0.4, 0.5) is 4.39 Å². The summed E-state index contributed by atoms with van der Waals surface area (Å²) >= 11 is 5.93. The van der Waals surface area contributed by atoms with Crippen LogP contribution in [0.3, 0.4) is 0 Å². The summed E-state index contributed by atoms with van der Waals surface area (Å²) in [6.45, 7) is 3.63. The van der Waals surface area contributed by atoms with Crippen molar-refractivity contribution >= 4 is 11.6 Å². The number of pyridine rings is 1. The molecular formula is C15H12ClFN2. The first-order valence-electron chi connectivity index (χ1n) is 5.83. The standard InChI is InChI=1S/C15H12ClFN2/c1-9-12(7-11-5-3-4-6-14(11)17)10(2)19-15(16)13(9)8-18/h3-6H,7H2,1-2H3. The zero-order valence-electron chi connectivity index (χ0n) is 10.7. The highest BCUT2D eigenvalue weighted by atomic mass is 35.5. The average Bonchev–Trinajstić information content (AvgIpc) is 2.36. The zero-order chi connectivity index (χ0) is 14.0. The maximum Gasteiger partial charge on any atom is 0.147 e. The van der Waals surface area contributed by atoms with Crippen LogP contribution in [0.1, 0.15) is 27.9 Å². The Morgan fingerprint density at radius 3 is 2.63 bits per heavy atom. The number of aryl methyl sites for hydroxylation is 1. The van der Waals surface area contributed by atoms with Gasteiger partial charge in [-0.15, -0.1) is 0 Å². The van der Waals surface area contributed by atoms with Gasteiger partial charge in [-0.25, -0.2) is 9.37 Å². The maximum absolute atomic E-state index is 13.7. The number of rotatable bonds is 2. The molecule has 0 amide bonds. The summed E-state index contributed by atoms with van der Waals surface area (Å²) in [4.78, 5) is 4.15. The van der Waals surface area contributed by atoms with Gasteiger partial charge in [0.15, 0.2) is 0 Å². The Labute approximate surface area is 116 Å². The Kier molecular flexibility index (Phi) is 3.82. The summed E-state index contributed by atoms with van der Waals surface area (Å²) in [5, 5.41) is 9.29. The fourth-order valence-electron chi connectivity index (χ4n) is 2.07. The highest BCUT2D eigenvalue weighted by molar-refractivity contribution is 6.30. The van der Waals surface area contributed by atoms with Gasteiger partial charge in [0, 0.05) is 12.1 Å². The lowest BCUT2D eigenvalue weighted by atomic mass is 9.96. The number of hydrogen-bond acceptors (Lipinski definition) is 2. The van der Waals surface area contributed by atoms with Crippen LogP contribution in [0.15, 0.2) is 24.3 Å². The molecule has 2 aromatic rings. The Morgan fingerprint density at radius 1 is 1.32 bits per heavy atom. The van der Waals surface area contributed by atoms with Crippen molar-refractivity contribution < 1.29 is 4.39 Å². The molecule has 2 rings (SSSR count). The first-order valence-corrected chi connectivity index (χ1v) is 6.21. The van der Waals surface area contributed by atoms with Crippen molar-refractivity contribution in [1.29, 1.82) is 5.26 Å². The molecule has 0 saturated heterocycles. The van der Waals surface area contributed by atoms with Crippen LogP contribution in [-0.2, 0) is 6.42 Å². The zero-order valence-corrected chi connectivity index (χ0v) is 11.4. The summed E-state index contributed by atoms with van der Waals surface area (Å²) in [6.07, 6.45) is 0.406. The number of hydrogen-bond donors (Lipinski definition) is 0. The smallest absolute Gasteiger partial charge is 0.147 e. The van der Waals surface area contributed by atoms with Crippen LogP contribution in [0.5, 0.6) is 0 Å². The molecule has 2 nitrogen and oxygen atoms in total. The Hall–Kier alpha value is -1.92. The molecule has 4 heteroatoms. The van der Waals surface area contributed by atoms with Gasteiger partial charge in [0.1, 0.15) is 17.0 Å². The van der Waals surface area contributed by atoms with Crippen LogP contribution < -0.4 is 0 Å². The first kappa shape index (κ1) is 13.5. The predicted octanol–water partition coefficient (Wildman–Crippen LogP) is 3.95. The molecule has 1 aromatic heterocycles. The molecule has 1 aromatic carbocycles. The van der Waals surface area contributed by atoms with Gasteiger partial charge >= 0.3 is 0 Å². The van der Waals surface area contributed by atoms with E-state index in [0.717, 1.165) is 16.8 Å². The minimum absolute atomic E-state index is 0.204. The molecule has 0 saturated carbocycles. The van der Waals surface area contributed by atoms with E-state index in [1.165, 1.54) is 6.07 Å². The van der Waals surface area contributed by atoms with Gasteiger partial charge < -0.3 is 0 Å².